The van der Waals surface area contributed by atoms with E-state index in [9.17, 15) is 13.2 Å². The van der Waals surface area contributed by atoms with Crippen LogP contribution in [0.4, 0.5) is 5.69 Å². The zero-order chi connectivity index (χ0) is 17.4. The number of pyridine rings is 1. The number of rotatable bonds is 4. The molecule has 7 heteroatoms. The van der Waals surface area contributed by atoms with Crippen molar-refractivity contribution < 1.29 is 13.2 Å². The van der Waals surface area contributed by atoms with Gasteiger partial charge in [0, 0.05) is 31.9 Å². The summed E-state index contributed by atoms with van der Waals surface area (Å²) in [6.07, 6.45) is 5.99. The van der Waals surface area contributed by atoms with E-state index >= 15 is 0 Å². The molecule has 0 spiro atoms. The van der Waals surface area contributed by atoms with Crippen molar-refractivity contribution in [3.8, 4) is 0 Å². The first-order chi connectivity index (χ1) is 12.0. The molecule has 130 valence electrons. The van der Waals surface area contributed by atoms with Gasteiger partial charge in [-0.1, -0.05) is 0 Å². The number of benzene rings is 1. The zero-order valence-electron chi connectivity index (χ0n) is 13.7. The van der Waals surface area contributed by atoms with Crippen molar-refractivity contribution >= 4 is 21.6 Å². The Morgan fingerprint density at radius 2 is 1.80 bits per heavy atom. The number of nitrogens with zero attached hydrogens (tertiary/aromatic N) is 2. The van der Waals surface area contributed by atoms with E-state index in [1.54, 1.807) is 36.7 Å². The molecule has 0 aliphatic carbocycles. The van der Waals surface area contributed by atoms with Crippen LogP contribution in [0.2, 0.25) is 0 Å². The lowest BCUT2D eigenvalue weighted by atomic mass is 9.92. The Balaban J connectivity index is 1.66. The lowest BCUT2D eigenvalue weighted by molar-refractivity contribution is -0.119. The standard InChI is InChI=1S/C18H19N3O3S/c22-17-4-3-15-11-16(10-14-2-1-9-21(17)18(14)15)25(23,24)20-12-13-5-7-19-8-6-13/h5-8,10-11,20H,1-4,9,12H2. The number of hydrogen-bond acceptors (Lipinski definition) is 4. The van der Waals surface area contributed by atoms with Crippen LogP contribution < -0.4 is 9.62 Å². The minimum absolute atomic E-state index is 0.139. The van der Waals surface area contributed by atoms with Crippen molar-refractivity contribution in [1.29, 1.82) is 0 Å². The molecule has 1 aromatic heterocycles. The third kappa shape index (κ3) is 3.05. The monoisotopic (exact) mass is 357 g/mol. The van der Waals surface area contributed by atoms with Crippen LogP contribution in [0.3, 0.4) is 0 Å². The second-order valence-electron chi connectivity index (χ2n) is 6.42. The third-order valence-corrected chi connectivity index (χ3v) is 6.15. The van der Waals surface area contributed by atoms with Gasteiger partial charge in [-0.25, -0.2) is 13.1 Å². The second kappa shape index (κ2) is 6.24. The normalized spacial score (nSPS) is 16.6. The molecule has 6 nitrogen and oxygen atoms in total. The first-order valence-electron chi connectivity index (χ1n) is 8.39. The Kier molecular flexibility index (Phi) is 4.05. The number of hydrogen-bond donors (Lipinski definition) is 1. The molecule has 0 radical (unpaired) electrons. The highest BCUT2D eigenvalue weighted by atomic mass is 32.2. The summed E-state index contributed by atoms with van der Waals surface area (Å²) in [7, 11) is -3.61. The number of anilines is 1. The Morgan fingerprint density at radius 3 is 2.56 bits per heavy atom. The van der Waals surface area contributed by atoms with Gasteiger partial charge in [0.05, 0.1) is 10.6 Å². The fourth-order valence-electron chi connectivity index (χ4n) is 3.54. The van der Waals surface area contributed by atoms with Crippen LogP contribution >= 0.6 is 0 Å². The van der Waals surface area contributed by atoms with Crippen LogP contribution in [-0.2, 0) is 34.2 Å². The van der Waals surface area contributed by atoms with Gasteiger partial charge in [0.1, 0.15) is 0 Å². The lowest BCUT2D eigenvalue weighted by Gasteiger charge is -2.35. The Hall–Kier alpha value is -2.25. The molecular formula is C18H19N3O3S. The van der Waals surface area contributed by atoms with Gasteiger partial charge in [-0.15, -0.1) is 0 Å². The molecule has 0 unspecified atom stereocenters. The van der Waals surface area contributed by atoms with Gasteiger partial charge in [0.25, 0.3) is 0 Å². The van der Waals surface area contributed by atoms with Gasteiger partial charge in [-0.2, -0.15) is 0 Å². The maximum absolute atomic E-state index is 12.7. The molecule has 2 aromatic rings. The third-order valence-electron chi connectivity index (χ3n) is 4.77. The second-order valence-corrected chi connectivity index (χ2v) is 8.19. The van der Waals surface area contributed by atoms with Crippen LogP contribution in [0.1, 0.15) is 29.5 Å². The van der Waals surface area contributed by atoms with E-state index in [1.165, 1.54) is 0 Å². The predicted octanol–water partition coefficient (Wildman–Crippen LogP) is 1.79. The number of amides is 1. The van der Waals surface area contributed by atoms with E-state index in [0.29, 0.717) is 12.8 Å². The Labute approximate surface area is 146 Å². The summed E-state index contributed by atoms with van der Waals surface area (Å²) >= 11 is 0. The van der Waals surface area contributed by atoms with Crippen molar-refractivity contribution in [3.05, 3.63) is 53.3 Å². The topological polar surface area (TPSA) is 79.4 Å². The van der Waals surface area contributed by atoms with Crippen LogP contribution in [0.15, 0.2) is 41.6 Å². The summed E-state index contributed by atoms with van der Waals surface area (Å²) in [4.78, 5) is 18.1. The van der Waals surface area contributed by atoms with Crippen molar-refractivity contribution in [1.82, 2.24) is 9.71 Å². The summed E-state index contributed by atoms with van der Waals surface area (Å²) in [6, 6.07) is 7.00. The molecule has 1 aromatic carbocycles. The predicted molar refractivity (Wildman–Crippen MR) is 93.7 cm³/mol. The molecule has 0 atom stereocenters. The molecule has 2 aliphatic heterocycles. The highest BCUT2D eigenvalue weighted by Crippen LogP contribution is 2.37. The summed E-state index contributed by atoms with van der Waals surface area (Å²) < 4.78 is 28.1. The molecule has 4 rings (SSSR count). The highest BCUT2D eigenvalue weighted by Gasteiger charge is 2.31. The maximum atomic E-state index is 12.7. The number of aryl methyl sites for hydroxylation is 2. The van der Waals surface area contributed by atoms with Crippen molar-refractivity contribution in [2.75, 3.05) is 11.4 Å². The molecule has 3 heterocycles. The number of sulfonamides is 1. The van der Waals surface area contributed by atoms with E-state index in [0.717, 1.165) is 41.8 Å². The molecule has 0 saturated carbocycles. The van der Waals surface area contributed by atoms with Gasteiger partial charge >= 0.3 is 0 Å². The summed E-state index contributed by atoms with van der Waals surface area (Å²) in [6.45, 7) is 0.951. The van der Waals surface area contributed by atoms with Gasteiger partial charge in [-0.3, -0.25) is 9.78 Å². The molecule has 0 saturated heterocycles. The quantitative estimate of drug-likeness (QED) is 0.905. The average Bonchev–Trinajstić information content (AvgIpc) is 2.64. The van der Waals surface area contributed by atoms with Crippen molar-refractivity contribution in [3.63, 3.8) is 0 Å². The van der Waals surface area contributed by atoms with Gasteiger partial charge in [0.2, 0.25) is 15.9 Å². The van der Waals surface area contributed by atoms with E-state index in [2.05, 4.69) is 9.71 Å². The van der Waals surface area contributed by atoms with Crippen LogP contribution in [0, 0.1) is 0 Å². The minimum atomic E-state index is -3.61. The fourth-order valence-corrected chi connectivity index (χ4v) is 4.66. The smallest absolute Gasteiger partial charge is 0.240 e. The molecule has 1 amide bonds. The Morgan fingerprint density at radius 1 is 1.08 bits per heavy atom. The van der Waals surface area contributed by atoms with Crippen LogP contribution in [0.25, 0.3) is 0 Å². The fraction of sp³-hybridized carbons (Fsp3) is 0.333. The summed E-state index contributed by atoms with van der Waals surface area (Å²) in [5.41, 5.74) is 3.72. The number of carbonyl (C=O) groups is 1. The van der Waals surface area contributed by atoms with Crippen molar-refractivity contribution in [2.24, 2.45) is 0 Å². The first kappa shape index (κ1) is 16.2. The van der Waals surface area contributed by atoms with E-state index in [1.807, 2.05) is 4.90 Å². The molecule has 0 fully saturated rings. The number of nitrogens with one attached hydrogen (secondary N) is 1. The summed E-state index contributed by atoms with van der Waals surface area (Å²) in [5, 5.41) is 0. The molecule has 1 N–H and O–H groups in total. The number of carbonyl (C=O) groups excluding carboxylic acids is 1. The largest absolute Gasteiger partial charge is 0.312 e. The maximum Gasteiger partial charge on any atom is 0.240 e. The van der Waals surface area contributed by atoms with Gasteiger partial charge in [0.15, 0.2) is 0 Å². The average molecular weight is 357 g/mol. The SMILES string of the molecule is O=C1CCc2cc(S(=O)(=O)NCc3ccncc3)cc3c2N1CCC3. The molecule has 25 heavy (non-hydrogen) atoms. The molecular weight excluding hydrogens is 338 g/mol. The van der Waals surface area contributed by atoms with E-state index in [-0.39, 0.29) is 17.3 Å². The minimum Gasteiger partial charge on any atom is -0.312 e. The lowest BCUT2D eigenvalue weighted by Crippen LogP contribution is -2.39. The zero-order valence-corrected chi connectivity index (χ0v) is 14.6. The Bertz CT molecular complexity index is 909. The highest BCUT2D eigenvalue weighted by molar-refractivity contribution is 7.89. The van der Waals surface area contributed by atoms with Crippen LogP contribution in [-0.4, -0.2) is 25.9 Å². The van der Waals surface area contributed by atoms with E-state index in [4.69, 9.17) is 0 Å². The first-order valence-corrected chi connectivity index (χ1v) is 9.88. The molecule has 2 aliphatic rings. The van der Waals surface area contributed by atoms with Gasteiger partial charge in [-0.05, 0) is 60.2 Å². The van der Waals surface area contributed by atoms with Gasteiger partial charge < -0.3 is 4.90 Å². The number of aromatic nitrogens is 1. The molecule has 0 bridgehead atoms. The van der Waals surface area contributed by atoms with Crippen LogP contribution in [0.5, 0.6) is 0 Å². The van der Waals surface area contributed by atoms with Crippen molar-refractivity contribution in [2.45, 2.75) is 37.1 Å². The van der Waals surface area contributed by atoms with E-state index < -0.39 is 10.0 Å². The summed E-state index contributed by atoms with van der Waals surface area (Å²) in [5.74, 6) is 0.139.